The maximum atomic E-state index is 13.6. The highest BCUT2D eigenvalue weighted by Gasteiger charge is 2.64. The van der Waals surface area contributed by atoms with Crippen LogP contribution in [0.3, 0.4) is 0 Å². The van der Waals surface area contributed by atoms with Gasteiger partial charge in [-0.1, -0.05) is 0 Å². The summed E-state index contributed by atoms with van der Waals surface area (Å²) in [6, 6.07) is 0. The number of rotatable bonds is 4. The van der Waals surface area contributed by atoms with Crippen molar-refractivity contribution in [2.24, 2.45) is 5.92 Å². The van der Waals surface area contributed by atoms with Gasteiger partial charge in [0.15, 0.2) is 11.9 Å². The van der Waals surface area contributed by atoms with E-state index < -0.39 is 29.3 Å². The van der Waals surface area contributed by atoms with Crippen LogP contribution in [-0.4, -0.2) is 41.8 Å². The van der Waals surface area contributed by atoms with Crippen LogP contribution >= 0.6 is 15.9 Å². The first-order valence-electron chi connectivity index (χ1n) is 7.04. The molecular formula is C13H17BrF4O4. The molecule has 0 aromatic heterocycles. The second-order valence-corrected chi connectivity index (χ2v) is 6.47. The van der Waals surface area contributed by atoms with Crippen LogP contribution in [0.4, 0.5) is 17.6 Å². The Morgan fingerprint density at radius 2 is 1.91 bits per heavy atom. The van der Waals surface area contributed by atoms with Crippen molar-refractivity contribution in [2.45, 2.75) is 55.3 Å². The normalized spacial score (nSPS) is 33.2. The lowest BCUT2D eigenvalue weighted by Gasteiger charge is -2.35. The molecule has 22 heavy (non-hydrogen) atoms. The third-order valence-electron chi connectivity index (χ3n) is 4.00. The Hall–Kier alpha value is -0.410. The maximum Gasteiger partial charge on any atom is 0.366 e. The van der Waals surface area contributed by atoms with E-state index in [1.807, 2.05) is 0 Å². The number of carbonyl (C=O) groups is 1. The molecule has 0 radical (unpaired) electrons. The lowest BCUT2D eigenvalue weighted by atomic mass is 9.85. The van der Waals surface area contributed by atoms with E-state index in [0.717, 1.165) is 0 Å². The van der Waals surface area contributed by atoms with Crippen LogP contribution in [0.15, 0.2) is 0 Å². The Balaban J connectivity index is 1.95. The molecule has 1 unspecified atom stereocenters. The summed E-state index contributed by atoms with van der Waals surface area (Å²) in [6.45, 7) is 1.35. The highest BCUT2D eigenvalue weighted by Crippen LogP contribution is 2.49. The second-order valence-electron chi connectivity index (χ2n) is 5.48. The smallest absolute Gasteiger partial charge is 0.366 e. The molecule has 2 rings (SSSR count). The van der Waals surface area contributed by atoms with Gasteiger partial charge in [0.05, 0.1) is 19.1 Å². The number of ether oxygens (including phenoxy) is 3. The van der Waals surface area contributed by atoms with Crippen molar-refractivity contribution in [3.63, 3.8) is 0 Å². The topological polar surface area (TPSA) is 44.8 Å². The van der Waals surface area contributed by atoms with E-state index in [1.54, 1.807) is 22.9 Å². The standard InChI is InChI=1S/C13H17BrF4O4/c1-2-20-10(19)8-3-5-11(6-4-8)21-7-9(22-11)12(15,16)13(14,17)18/h8-9H,2-7H2,1H3. The van der Waals surface area contributed by atoms with Gasteiger partial charge in [0.25, 0.3) is 0 Å². The average Bonchev–Trinajstić information content (AvgIpc) is 2.83. The molecule has 1 heterocycles. The van der Waals surface area contributed by atoms with Gasteiger partial charge in [-0.2, -0.15) is 17.6 Å². The summed E-state index contributed by atoms with van der Waals surface area (Å²) in [5, 5.41) is 0. The van der Waals surface area contributed by atoms with E-state index in [4.69, 9.17) is 14.2 Å². The minimum atomic E-state index is -4.38. The minimum absolute atomic E-state index is 0.191. The van der Waals surface area contributed by atoms with Crippen LogP contribution < -0.4 is 0 Å². The summed E-state index contributed by atoms with van der Waals surface area (Å²) in [4.78, 5) is 7.25. The van der Waals surface area contributed by atoms with Crippen LogP contribution in [0.5, 0.6) is 0 Å². The van der Waals surface area contributed by atoms with Crippen LogP contribution in [0.1, 0.15) is 32.6 Å². The van der Waals surface area contributed by atoms with Gasteiger partial charge in [0, 0.05) is 12.8 Å². The predicted octanol–water partition coefficient (Wildman–Crippen LogP) is 3.47. The molecular weight excluding hydrogens is 376 g/mol. The molecule has 0 bridgehead atoms. The Morgan fingerprint density at radius 1 is 1.32 bits per heavy atom. The average molecular weight is 393 g/mol. The Labute approximate surface area is 133 Å². The van der Waals surface area contributed by atoms with E-state index in [-0.39, 0.29) is 31.3 Å². The number of esters is 1. The van der Waals surface area contributed by atoms with E-state index in [2.05, 4.69) is 0 Å². The molecule has 0 amide bonds. The van der Waals surface area contributed by atoms with E-state index in [9.17, 15) is 22.4 Å². The predicted molar refractivity (Wildman–Crippen MR) is 71.0 cm³/mol. The molecule has 1 spiro atoms. The zero-order valence-corrected chi connectivity index (χ0v) is 13.5. The molecule has 128 valence electrons. The monoisotopic (exact) mass is 392 g/mol. The highest BCUT2D eigenvalue weighted by molar-refractivity contribution is 9.10. The third-order valence-corrected chi connectivity index (χ3v) is 4.53. The fourth-order valence-electron chi connectivity index (χ4n) is 2.73. The van der Waals surface area contributed by atoms with Crippen LogP contribution in [0.25, 0.3) is 0 Å². The molecule has 1 aliphatic heterocycles. The van der Waals surface area contributed by atoms with Gasteiger partial charge in [-0.25, -0.2) is 0 Å². The van der Waals surface area contributed by atoms with Crippen molar-refractivity contribution in [2.75, 3.05) is 13.2 Å². The highest BCUT2D eigenvalue weighted by atomic mass is 79.9. The molecule has 0 aromatic rings. The van der Waals surface area contributed by atoms with E-state index in [1.165, 1.54) is 0 Å². The zero-order chi connectivity index (χ0) is 16.6. The fraction of sp³-hybridized carbons (Fsp3) is 0.923. The van der Waals surface area contributed by atoms with Crippen LogP contribution in [0.2, 0.25) is 0 Å². The first-order chi connectivity index (χ1) is 10.1. The lowest BCUT2D eigenvalue weighted by molar-refractivity contribution is -0.248. The summed E-state index contributed by atoms with van der Waals surface area (Å²) in [5.41, 5.74) is 0. The first kappa shape index (κ1) is 17.9. The quantitative estimate of drug-likeness (QED) is 0.417. The number of alkyl halides is 5. The lowest BCUT2D eigenvalue weighted by Crippen LogP contribution is -2.48. The summed E-state index contributed by atoms with van der Waals surface area (Å²) in [7, 11) is 0. The summed E-state index contributed by atoms with van der Waals surface area (Å²) >= 11 is 1.69. The van der Waals surface area contributed by atoms with E-state index >= 15 is 0 Å². The molecule has 1 atom stereocenters. The van der Waals surface area contributed by atoms with Crippen molar-refractivity contribution in [1.82, 2.24) is 0 Å². The molecule has 9 heteroatoms. The van der Waals surface area contributed by atoms with Gasteiger partial charge in [-0.05, 0) is 35.7 Å². The SMILES string of the molecule is CCOC(=O)C1CCC2(CC1)OCC(C(F)(F)C(F)(F)Br)O2. The van der Waals surface area contributed by atoms with Crippen molar-refractivity contribution >= 4 is 21.9 Å². The van der Waals surface area contributed by atoms with Crippen molar-refractivity contribution in [3.8, 4) is 0 Å². The molecule has 4 nitrogen and oxygen atoms in total. The van der Waals surface area contributed by atoms with Gasteiger partial charge in [-0.3, -0.25) is 4.79 Å². The number of hydrogen-bond acceptors (Lipinski definition) is 4. The summed E-state index contributed by atoms with van der Waals surface area (Å²) < 4.78 is 68.4. The largest absolute Gasteiger partial charge is 0.466 e. The summed E-state index contributed by atoms with van der Waals surface area (Å²) in [6.07, 6.45) is -0.946. The van der Waals surface area contributed by atoms with Crippen LogP contribution in [-0.2, 0) is 19.0 Å². The molecule has 0 N–H and O–H groups in total. The molecule has 2 fully saturated rings. The van der Waals surface area contributed by atoms with Gasteiger partial charge in [0.2, 0.25) is 0 Å². The third kappa shape index (κ3) is 3.41. The Bertz CT molecular complexity index is 419. The number of halogens is 5. The number of hydrogen-bond donors (Lipinski definition) is 0. The van der Waals surface area contributed by atoms with Gasteiger partial charge in [0.1, 0.15) is 0 Å². The van der Waals surface area contributed by atoms with Gasteiger partial charge < -0.3 is 14.2 Å². The minimum Gasteiger partial charge on any atom is -0.466 e. The fourth-order valence-corrected chi connectivity index (χ4v) is 2.99. The van der Waals surface area contributed by atoms with E-state index in [0.29, 0.717) is 12.8 Å². The second kappa shape index (κ2) is 6.24. The van der Waals surface area contributed by atoms with Gasteiger partial charge >= 0.3 is 16.7 Å². The molecule has 1 saturated heterocycles. The Morgan fingerprint density at radius 3 is 2.41 bits per heavy atom. The summed E-state index contributed by atoms with van der Waals surface area (Å²) in [5.74, 6) is -6.37. The Kier molecular flexibility index (Phi) is 5.09. The maximum absolute atomic E-state index is 13.6. The number of carbonyl (C=O) groups excluding carboxylic acids is 1. The van der Waals surface area contributed by atoms with Gasteiger partial charge in [-0.15, -0.1) is 0 Å². The van der Waals surface area contributed by atoms with Crippen molar-refractivity contribution < 1.29 is 36.6 Å². The van der Waals surface area contributed by atoms with Crippen molar-refractivity contribution in [3.05, 3.63) is 0 Å². The first-order valence-corrected chi connectivity index (χ1v) is 7.83. The molecule has 0 aromatic carbocycles. The zero-order valence-electron chi connectivity index (χ0n) is 11.9. The van der Waals surface area contributed by atoms with Crippen LogP contribution in [0, 0.1) is 5.92 Å². The molecule has 1 saturated carbocycles. The molecule has 2 aliphatic rings. The molecule has 1 aliphatic carbocycles. The van der Waals surface area contributed by atoms with Crippen molar-refractivity contribution in [1.29, 1.82) is 0 Å².